The number of imide groups is 1. The van der Waals surface area contributed by atoms with Gasteiger partial charge in [-0.3, -0.25) is 19.3 Å². The maximum absolute atomic E-state index is 12.8. The van der Waals surface area contributed by atoms with Crippen LogP contribution in [0.2, 0.25) is 0 Å². The van der Waals surface area contributed by atoms with Gasteiger partial charge in [-0.2, -0.15) is 0 Å². The Bertz CT molecular complexity index is 703. The number of likely N-dealkylation sites (tertiary alicyclic amines) is 1. The average Bonchev–Trinajstić information content (AvgIpc) is 2.82. The molecule has 0 N–H and O–H groups in total. The lowest BCUT2D eigenvalue weighted by Gasteiger charge is -2.35. The molecule has 0 aliphatic carbocycles. The van der Waals surface area contributed by atoms with Crippen molar-refractivity contribution in [3.8, 4) is 0 Å². The van der Waals surface area contributed by atoms with E-state index in [4.69, 9.17) is 0 Å². The van der Waals surface area contributed by atoms with Crippen molar-refractivity contribution in [3.05, 3.63) is 34.9 Å². The highest BCUT2D eigenvalue weighted by molar-refractivity contribution is 6.22. The molecule has 0 spiro atoms. The second kappa shape index (κ2) is 6.98. The highest BCUT2D eigenvalue weighted by Crippen LogP contribution is 2.27. The van der Waals surface area contributed by atoms with Crippen LogP contribution in [0.5, 0.6) is 0 Å². The molecule has 0 radical (unpaired) electrons. The Hall–Kier alpha value is -2.17. The van der Waals surface area contributed by atoms with E-state index in [9.17, 15) is 14.4 Å². The van der Waals surface area contributed by atoms with E-state index in [0.29, 0.717) is 35.1 Å². The molecule has 0 saturated carbocycles. The van der Waals surface area contributed by atoms with Crippen LogP contribution in [0, 0.1) is 11.8 Å². The number of nitrogens with zero attached hydrogens (tertiary/aromatic N) is 2. The molecule has 134 valence electrons. The highest BCUT2D eigenvalue weighted by atomic mass is 16.2. The number of hydrogen-bond donors (Lipinski definition) is 0. The number of hydrogen-bond acceptors (Lipinski definition) is 3. The summed E-state index contributed by atoms with van der Waals surface area (Å²) in [7, 11) is 0. The van der Waals surface area contributed by atoms with E-state index in [2.05, 4.69) is 13.8 Å². The Kier molecular flexibility index (Phi) is 4.93. The van der Waals surface area contributed by atoms with Gasteiger partial charge >= 0.3 is 0 Å². The van der Waals surface area contributed by atoms with Gasteiger partial charge in [-0.05, 0) is 42.9 Å². The van der Waals surface area contributed by atoms with Gasteiger partial charge in [0, 0.05) is 25.2 Å². The molecule has 0 bridgehead atoms. The predicted octanol–water partition coefficient (Wildman–Crippen LogP) is 3.20. The van der Waals surface area contributed by atoms with Gasteiger partial charge in [-0.15, -0.1) is 0 Å². The van der Waals surface area contributed by atoms with Gasteiger partial charge in [0.2, 0.25) is 0 Å². The number of amides is 3. The van der Waals surface area contributed by atoms with Crippen molar-refractivity contribution >= 4 is 17.7 Å². The second-order valence-electron chi connectivity index (χ2n) is 7.53. The first-order valence-electron chi connectivity index (χ1n) is 9.21. The van der Waals surface area contributed by atoms with Crippen molar-refractivity contribution in [1.29, 1.82) is 0 Å². The van der Waals surface area contributed by atoms with Crippen LogP contribution in [-0.4, -0.2) is 47.2 Å². The Morgan fingerprint density at radius 3 is 2.36 bits per heavy atom. The van der Waals surface area contributed by atoms with Crippen LogP contribution in [0.3, 0.4) is 0 Å². The van der Waals surface area contributed by atoms with Gasteiger partial charge in [-0.1, -0.05) is 27.2 Å². The molecule has 3 rings (SSSR count). The molecule has 2 unspecified atom stereocenters. The molecule has 0 aromatic heterocycles. The second-order valence-corrected chi connectivity index (χ2v) is 7.53. The van der Waals surface area contributed by atoms with Gasteiger partial charge in [0.1, 0.15) is 0 Å². The van der Waals surface area contributed by atoms with E-state index in [1.54, 1.807) is 18.2 Å². The average molecular weight is 342 g/mol. The Morgan fingerprint density at radius 2 is 1.72 bits per heavy atom. The first kappa shape index (κ1) is 17.6. The Balaban J connectivity index is 1.83. The molecular weight excluding hydrogens is 316 g/mol. The summed E-state index contributed by atoms with van der Waals surface area (Å²) >= 11 is 0. The largest absolute Gasteiger partial charge is 0.338 e. The van der Waals surface area contributed by atoms with Gasteiger partial charge < -0.3 is 4.90 Å². The van der Waals surface area contributed by atoms with Crippen molar-refractivity contribution in [2.45, 2.75) is 40.0 Å². The van der Waals surface area contributed by atoms with Gasteiger partial charge in [0.05, 0.1) is 11.1 Å². The van der Waals surface area contributed by atoms with E-state index >= 15 is 0 Å². The van der Waals surface area contributed by atoms with E-state index < -0.39 is 0 Å². The lowest BCUT2D eigenvalue weighted by atomic mass is 9.91. The number of benzene rings is 1. The first-order valence-corrected chi connectivity index (χ1v) is 9.21. The summed E-state index contributed by atoms with van der Waals surface area (Å²) in [6.07, 6.45) is 2.84. The van der Waals surface area contributed by atoms with Crippen molar-refractivity contribution in [1.82, 2.24) is 9.80 Å². The maximum atomic E-state index is 12.8. The van der Waals surface area contributed by atoms with Crippen LogP contribution >= 0.6 is 0 Å². The van der Waals surface area contributed by atoms with E-state index in [1.165, 1.54) is 4.90 Å². The zero-order valence-electron chi connectivity index (χ0n) is 15.2. The molecule has 5 nitrogen and oxygen atoms in total. The molecule has 1 saturated heterocycles. The van der Waals surface area contributed by atoms with Crippen LogP contribution in [0.4, 0.5) is 0 Å². The van der Waals surface area contributed by atoms with Gasteiger partial charge in [0.25, 0.3) is 17.7 Å². The van der Waals surface area contributed by atoms with Crippen LogP contribution in [0.25, 0.3) is 0 Å². The standard InChI is InChI=1S/C20H26N2O3/c1-4-5-8-22-19(24)16-7-6-15(10-17(16)20(22)25)18(23)21-11-13(2)9-14(3)12-21/h6-7,10,13-14H,4-5,8-9,11-12H2,1-3H3. The van der Waals surface area contributed by atoms with Gasteiger partial charge in [-0.25, -0.2) is 0 Å². The molecule has 2 aliphatic rings. The summed E-state index contributed by atoms with van der Waals surface area (Å²) in [6, 6.07) is 4.92. The van der Waals surface area contributed by atoms with E-state index in [-0.39, 0.29) is 17.7 Å². The lowest BCUT2D eigenvalue weighted by Crippen LogP contribution is -2.42. The van der Waals surface area contributed by atoms with Crippen LogP contribution in [-0.2, 0) is 0 Å². The summed E-state index contributed by atoms with van der Waals surface area (Å²) in [4.78, 5) is 41.0. The molecule has 2 atom stereocenters. The molecule has 5 heteroatoms. The molecule has 2 aliphatic heterocycles. The van der Waals surface area contributed by atoms with Crippen LogP contribution in [0.15, 0.2) is 18.2 Å². The summed E-state index contributed by atoms with van der Waals surface area (Å²) in [5.41, 5.74) is 1.28. The van der Waals surface area contributed by atoms with Crippen molar-refractivity contribution < 1.29 is 14.4 Å². The maximum Gasteiger partial charge on any atom is 0.261 e. The summed E-state index contributed by atoms with van der Waals surface area (Å²) < 4.78 is 0. The molecule has 1 aromatic rings. The number of piperidine rings is 1. The first-order chi connectivity index (χ1) is 11.9. The zero-order chi connectivity index (χ0) is 18.1. The quantitative estimate of drug-likeness (QED) is 0.790. The third kappa shape index (κ3) is 3.32. The van der Waals surface area contributed by atoms with E-state index in [1.807, 2.05) is 11.8 Å². The summed E-state index contributed by atoms with van der Waals surface area (Å²) in [6.45, 7) is 8.27. The number of unbranched alkanes of at least 4 members (excludes halogenated alkanes) is 1. The topological polar surface area (TPSA) is 57.7 Å². The van der Waals surface area contributed by atoms with Crippen LogP contribution < -0.4 is 0 Å². The minimum atomic E-state index is -0.275. The third-order valence-electron chi connectivity index (χ3n) is 5.11. The van der Waals surface area contributed by atoms with Crippen LogP contribution in [0.1, 0.15) is 71.1 Å². The summed E-state index contributed by atoms with van der Waals surface area (Å²) in [5.74, 6) is 0.398. The minimum absolute atomic E-state index is 0.0477. The van der Waals surface area contributed by atoms with Crippen molar-refractivity contribution in [2.24, 2.45) is 11.8 Å². The fourth-order valence-corrected chi connectivity index (χ4v) is 3.95. The number of carbonyl (C=O) groups excluding carboxylic acids is 3. The molecular formula is C20H26N2O3. The zero-order valence-corrected chi connectivity index (χ0v) is 15.2. The molecule has 25 heavy (non-hydrogen) atoms. The molecule has 1 aromatic carbocycles. The fraction of sp³-hybridized carbons (Fsp3) is 0.550. The lowest BCUT2D eigenvalue weighted by molar-refractivity contribution is 0.0622. The third-order valence-corrected chi connectivity index (χ3v) is 5.11. The highest BCUT2D eigenvalue weighted by Gasteiger charge is 2.36. The number of fused-ring (bicyclic) bond motifs is 1. The fourth-order valence-electron chi connectivity index (χ4n) is 3.95. The van der Waals surface area contributed by atoms with Crippen molar-refractivity contribution in [2.75, 3.05) is 19.6 Å². The molecule has 2 heterocycles. The smallest absolute Gasteiger partial charge is 0.261 e. The van der Waals surface area contributed by atoms with Gasteiger partial charge in [0.15, 0.2) is 0 Å². The summed E-state index contributed by atoms with van der Waals surface area (Å²) in [5, 5.41) is 0. The molecule has 3 amide bonds. The number of carbonyl (C=O) groups is 3. The Labute approximate surface area is 149 Å². The predicted molar refractivity (Wildman–Crippen MR) is 95.6 cm³/mol. The van der Waals surface area contributed by atoms with Crippen molar-refractivity contribution in [3.63, 3.8) is 0 Å². The number of rotatable bonds is 4. The Morgan fingerprint density at radius 1 is 1.08 bits per heavy atom. The van der Waals surface area contributed by atoms with E-state index in [0.717, 1.165) is 32.4 Å². The normalized spacial score (nSPS) is 23.2. The minimum Gasteiger partial charge on any atom is -0.338 e. The molecule has 1 fully saturated rings. The SMILES string of the molecule is CCCCN1C(=O)c2ccc(C(=O)N3CC(C)CC(C)C3)cc2C1=O. The monoisotopic (exact) mass is 342 g/mol.